The van der Waals surface area contributed by atoms with Crippen LogP contribution in [0.3, 0.4) is 0 Å². The van der Waals surface area contributed by atoms with Crippen LogP contribution < -0.4 is 9.64 Å². The van der Waals surface area contributed by atoms with Gasteiger partial charge in [-0.25, -0.2) is 0 Å². The zero-order valence-corrected chi connectivity index (χ0v) is 19.0. The molecule has 5 heteroatoms. The maximum absolute atomic E-state index is 13.2. The van der Waals surface area contributed by atoms with Crippen molar-refractivity contribution in [3.63, 3.8) is 0 Å². The monoisotopic (exact) mass is 441 g/mol. The molecule has 4 rings (SSSR count). The van der Waals surface area contributed by atoms with E-state index < -0.39 is 17.7 Å². The van der Waals surface area contributed by atoms with Gasteiger partial charge in [-0.2, -0.15) is 0 Å². The number of rotatable bonds is 6. The van der Waals surface area contributed by atoms with E-state index in [1.54, 1.807) is 30.3 Å². The van der Waals surface area contributed by atoms with Crippen molar-refractivity contribution in [2.24, 2.45) is 5.92 Å². The van der Waals surface area contributed by atoms with E-state index in [2.05, 4.69) is 13.8 Å². The molecule has 3 aromatic carbocycles. The Morgan fingerprint density at radius 3 is 2.39 bits per heavy atom. The molecule has 1 unspecified atom stereocenters. The minimum Gasteiger partial charge on any atom is -0.507 e. The molecule has 1 fully saturated rings. The molecule has 0 spiro atoms. The van der Waals surface area contributed by atoms with Crippen LogP contribution in [0.15, 0.2) is 84.4 Å². The highest BCUT2D eigenvalue weighted by atomic mass is 16.5. The van der Waals surface area contributed by atoms with Gasteiger partial charge in [-0.1, -0.05) is 68.4 Å². The molecule has 1 aliphatic rings. The zero-order chi connectivity index (χ0) is 23.5. The van der Waals surface area contributed by atoms with Crippen molar-refractivity contribution in [3.05, 3.63) is 101 Å². The number of ether oxygens (including phenoxy) is 1. The number of benzene rings is 3. The second-order valence-corrected chi connectivity index (χ2v) is 8.65. The largest absolute Gasteiger partial charge is 0.507 e. The molecule has 3 aromatic rings. The summed E-state index contributed by atoms with van der Waals surface area (Å²) in [5.74, 6) is -0.573. The van der Waals surface area contributed by atoms with Crippen LogP contribution in [0, 0.1) is 12.8 Å². The van der Waals surface area contributed by atoms with Crippen molar-refractivity contribution in [1.29, 1.82) is 0 Å². The number of nitrogens with zero attached hydrogens (tertiary/aromatic N) is 1. The highest BCUT2D eigenvalue weighted by Crippen LogP contribution is 2.43. The Morgan fingerprint density at radius 2 is 1.70 bits per heavy atom. The summed E-state index contributed by atoms with van der Waals surface area (Å²) in [5, 5.41) is 11.2. The summed E-state index contributed by atoms with van der Waals surface area (Å²) < 4.78 is 5.89. The molecule has 5 nitrogen and oxygen atoms in total. The van der Waals surface area contributed by atoms with Gasteiger partial charge in [0.2, 0.25) is 0 Å². The van der Waals surface area contributed by atoms with Crippen LogP contribution in [-0.4, -0.2) is 23.4 Å². The third kappa shape index (κ3) is 4.53. The summed E-state index contributed by atoms with van der Waals surface area (Å²) in [4.78, 5) is 27.9. The lowest BCUT2D eigenvalue weighted by Crippen LogP contribution is -2.29. The third-order valence-corrected chi connectivity index (χ3v) is 5.53. The number of anilines is 1. The fourth-order valence-corrected chi connectivity index (χ4v) is 3.98. The van der Waals surface area contributed by atoms with E-state index in [0.29, 0.717) is 35.1 Å². The number of ketones is 1. The van der Waals surface area contributed by atoms with Gasteiger partial charge in [0.05, 0.1) is 18.2 Å². The number of amides is 1. The Morgan fingerprint density at radius 1 is 0.970 bits per heavy atom. The van der Waals surface area contributed by atoms with E-state index in [0.717, 1.165) is 5.56 Å². The van der Waals surface area contributed by atoms with E-state index in [1.807, 2.05) is 55.5 Å². The molecule has 1 amide bonds. The van der Waals surface area contributed by atoms with Crippen molar-refractivity contribution in [3.8, 4) is 5.75 Å². The zero-order valence-electron chi connectivity index (χ0n) is 19.0. The van der Waals surface area contributed by atoms with Crippen molar-refractivity contribution in [2.45, 2.75) is 26.8 Å². The van der Waals surface area contributed by atoms with E-state index >= 15 is 0 Å². The first-order chi connectivity index (χ1) is 15.9. The molecular formula is C28H27NO4. The van der Waals surface area contributed by atoms with Crippen LogP contribution in [0.4, 0.5) is 5.69 Å². The van der Waals surface area contributed by atoms with E-state index in [4.69, 9.17) is 4.74 Å². The van der Waals surface area contributed by atoms with Crippen molar-refractivity contribution < 1.29 is 19.4 Å². The second-order valence-electron chi connectivity index (χ2n) is 8.65. The molecule has 0 radical (unpaired) electrons. The number of Topliss-reactive ketones (excluding diaryl/α,β-unsaturated/α-hetero) is 1. The summed E-state index contributed by atoms with van der Waals surface area (Å²) >= 11 is 0. The van der Waals surface area contributed by atoms with E-state index in [1.165, 1.54) is 4.90 Å². The van der Waals surface area contributed by atoms with Gasteiger partial charge in [-0.05, 0) is 48.2 Å². The SMILES string of the molecule is Cc1cccc(N2C(=O)C(=O)/C(=C(/O)c3ccccc3)C2c2cccc(OCC(C)C)c2)c1. The topological polar surface area (TPSA) is 66.8 Å². The number of carbonyl (C=O) groups excluding carboxylic acids is 2. The standard InChI is InChI=1S/C28H27NO4/c1-18(2)17-33-23-14-8-12-21(16-23)25-24(26(30)20-10-5-4-6-11-20)27(31)28(32)29(25)22-13-7-9-19(3)15-22/h4-16,18,25,30H,17H2,1-3H3/b26-24+. The fraction of sp³-hybridized carbons (Fsp3) is 0.214. The highest BCUT2D eigenvalue weighted by Gasteiger charge is 2.47. The van der Waals surface area contributed by atoms with Crippen molar-refractivity contribution >= 4 is 23.1 Å². The van der Waals surface area contributed by atoms with Gasteiger partial charge in [0.15, 0.2) is 0 Å². The molecule has 168 valence electrons. The molecule has 0 aromatic heterocycles. The molecule has 0 bridgehead atoms. The van der Waals surface area contributed by atoms with Gasteiger partial charge >= 0.3 is 0 Å². The average molecular weight is 442 g/mol. The smallest absolute Gasteiger partial charge is 0.300 e. The van der Waals surface area contributed by atoms with Gasteiger partial charge in [-0.3, -0.25) is 14.5 Å². The number of aryl methyl sites for hydroxylation is 1. The van der Waals surface area contributed by atoms with E-state index in [-0.39, 0.29) is 11.3 Å². The van der Waals surface area contributed by atoms with Gasteiger partial charge < -0.3 is 9.84 Å². The predicted octanol–water partition coefficient (Wildman–Crippen LogP) is 5.66. The average Bonchev–Trinajstić information content (AvgIpc) is 3.08. The molecule has 1 atom stereocenters. The summed E-state index contributed by atoms with van der Waals surface area (Å²) in [6.07, 6.45) is 0. The summed E-state index contributed by atoms with van der Waals surface area (Å²) in [7, 11) is 0. The van der Waals surface area contributed by atoms with Gasteiger partial charge in [0.25, 0.3) is 11.7 Å². The molecular weight excluding hydrogens is 414 g/mol. The fourth-order valence-electron chi connectivity index (χ4n) is 3.98. The lowest BCUT2D eigenvalue weighted by atomic mass is 9.95. The highest BCUT2D eigenvalue weighted by molar-refractivity contribution is 6.51. The third-order valence-electron chi connectivity index (χ3n) is 5.53. The van der Waals surface area contributed by atoms with Crippen molar-refractivity contribution in [1.82, 2.24) is 0 Å². The molecule has 1 aliphatic heterocycles. The Kier molecular flexibility index (Phi) is 6.31. The normalized spacial score (nSPS) is 17.6. The number of hydrogen-bond acceptors (Lipinski definition) is 4. The molecule has 33 heavy (non-hydrogen) atoms. The second kappa shape index (κ2) is 9.33. The predicted molar refractivity (Wildman–Crippen MR) is 129 cm³/mol. The van der Waals surface area contributed by atoms with Gasteiger partial charge in [0, 0.05) is 11.3 Å². The first-order valence-corrected chi connectivity index (χ1v) is 11.0. The number of hydrogen-bond donors (Lipinski definition) is 1. The number of carbonyl (C=O) groups is 2. The molecule has 1 heterocycles. The molecule has 0 saturated carbocycles. The summed E-state index contributed by atoms with van der Waals surface area (Å²) in [6.45, 7) is 6.61. The van der Waals surface area contributed by atoms with Crippen LogP contribution in [-0.2, 0) is 9.59 Å². The minimum atomic E-state index is -0.783. The summed E-state index contributed by atoms with van der Waals surface area (Å²) in [6, 6.07) is 22.8. The van der Waals surface area contributed by atoms with Crippen LogP contribution in [0.1, 0.15) is 36.6 Å². The number of aliphatic hydroxyl groups excluding tert-OH is 1. The van der Waals surface area contributed by atoms with Crippen LogP contribution in [0.5, 0.6) is 5.75 Å². The first-order valence-electron chi connectivity index (χ1n) is 11.0. The first kappa shape index (κ1) is 22.3. The molecule has 0 aliphatic carbocycles. The Bertz CT molecular complexity index is 1210. The Hall–Kier alpha value is -3.86. The minimum absolute atomic E-state index is 0.0636. The van der Waals surface area contributed by atoms with Crippen LogP contribution >= 0.6 is 0 Å². The molecule has 1 N–H and O–H groups in total. The van der Waals surface area contributed by atoms with Crippen LogP contribution in [0.2, 0.25) is 0 Å². The van der Waals surface area contributed by atoms with Crippen LogP contribution in [0.25, 0.3) is 5.76 Å². The lowest BCUT2D eigenvalue weighted by molar-refractivity contribution is -0.132. The summed E-state index contributed by atoms with van der Waals surface area (Å²) in [5.41, 5.74) is 2.80. The number of aliphatic hydroxyl groups is 1. The maximum Gasteiger partial charge on any atom is 0.300 e. The van der Waals surface area contributed by atoms with E-state index in [9.17, 15) is 14.7 Å². The van der Waals surface area contributed by atoms with Gasteiger partial charge in [-0.15, -0.1) is 0 Å². The Labute approximate surface area is 193 Å². The molecule has 1 saturated heterocycles. The quantitative estimate of drug-likeness (QED) is 0.305. The van der Waals surface area contributed by atoms with Gasteiger partial charge in [0.1, 0.15) is 11.5 Å². The Balaban J connectivity index is 1.89. The van der Waals surface area contributed by atoms with Crippen molar-refractivity contribution in [2.75, 3.05) is 11.5 Å². The maximum atomic E-state index is 13.2. The lowest BCUT2D eigenvalue weighted by Gasteiger charge is -2.26.